The molecule has 1 fully saturated rings. The Balaban J connectivity index is 2.59. The second kappa shape index (κ2) is 9.87. The van der Waals surface area contributed by atoms with Crippen LogP contribution < -0.4 is 0 Å². The molecule has 23 heavy (non-hydrogen) atoms. The minimum Gasteiger partial charge on any atom is -0.748 e. The zero-order valence-electron chi connectivity index (χ0n) is 14.1. The van der Waals surface area contributed by atoms with Crippen molar-refractivity contribution in [2.45, 2.75) is 32.5 Å². The minimum absolute atomic E-state index is 0.310. The van der Waals surface area contributed by atoms with Gasteiger partial charge in [-0.1, -0.05) is 0 Å². The van der Waals surface area contributed by atoms with Crippen LogP contribution in [0.25, 0.3) is 0 Å². The lowest BCUT2D eigenvalue weighted by Crippen LogP contribution is -2.51. The molecule has 1 saturated heterocycles. The highest BCUT2D eigenvalue weighted by Crippen LogP contribution is 2.06. The first kappa shape index (κ1) is 20.8. The molecule has 0 aromatic rings. The number of nitrogens with zero attached hydrogens (tertiary/aromatic N) is 3. The van der Waals surface area contributed by atoms with E-state index in [9.17, 15) is 23.2 Å². The molecular formula is C14H30N3O5S-. The van der Waals surface area contributed by atoms with Crippen molar-refractivity contribution >= 4 is 10.1 Å². The van der Waals surface area contributed by atoms with E-state index in [1.165, 1.54) is 0 Å². The van der Waals surface area contributed by atoms with Gasteiger partial charge in [0.15, 0.2) is 0 Å². The maximum Gasteiger partial charge on any atom is 0.0946 e. The van der Waals surface area contributed by atoms with Crippen molar-refractivity contribution in [2.24, 2.45) is 0 Å². The summed E-state index contributed by atoms with van der Waals surface area (Å²) in [6.45, 7) is 8.91. The summed E-state index contributed by atoms with van der Waals surface area (Å²) >= 11 is 0. The maximum absolute atomic E-state index is 10.7. The Morgan fingerprint density at radius 3 is 1.96 bits per heavy atom. The molecule has 0 aromatic carbocycles. The van der Waals surface area contributed by atoms with Crippen LogP contribution in [0.2, 0.25) is 0 Å². The number of aliphatic hydroxyl groups is 2. The smallest absolute Gasteiger partial charge is 0.0946 e. The third-order valence-corrected chi connectivity index (χ3v) is 4.57. The average molecular weight is 352 g/mol. The lowest BCUT2D eigenvalue weighted by Gasteiger charge is -2.37. The quantitative estimate of drug-likeness (QED) is 0.512. The van der Waals surface area contributed by atoms with Crippen LogP contribution in [0.4, 0.5) is 0 Å². The number of rotatable bonds is 8. The first-order valence-electron chi connectivity index (χ1n) is 8.12. The third-order valence-electron chi connectivity index (χ3n) is 3.78. The highest BCUT2D eigenvalue weighted by Gasteiger charge is 2.20. The van der Waals surface area contributed by atoms with Crippen LogP contribution in [0.15, 0.2) is 0 Å². The third kappa shape index (κ3) is 10.2. The molecule has 0 radical (unpaired) electrons. The van der Waals surface area contributed by atoms with Gasteiger partial charge in [-0.3, -0.25) is 14.7 Å². The summed E-state index contributed by atoms with van der Waals surface area (Å²) in [5, 5.41) is 19.2. The molecule has 0 aromatic heterocycles. The summed E-state index contributed by atoms with van der Waals surface area (Å²) in [7, 11) is -4.17. The van der Waals surface area contributed by atoms with E-state index in [0.717, 1.165) is 26.2 Å². The Labute approximate surface area is 139 Å². The van der Waals surface area contributed by atoms with Crippen molar-refractivity contribution in [1.82, 2.24) is 14.7 Å². The maximum atomic E-state index is 10.7. The molecule has 2 atom stereocenters. The van der Waals surface area contributed by atoms with Crippen molar-refractivity contribution < 1.29 is 23.2 Å². The van der Waals surface area contributed by atoms with Gasteiger partial charge in [0.05, 0.1) is 29.0 Å². The van der Waals surface area contributed by atoms with Crippen molar-refractivity contribution in [1.29, 1.82) is 0 Å². The molecule has 1 aliphatic heterocycles. The first-order valence-corrected chi connectivity index (χ1v) is 9.70. The van der Waals surface area contributed by atoms with E-state index in [0.29, 0.717) is 32.7 Å². The molecular weight excluding hydrogens is 322 g/mol. The van der Waals surface area contributed by atoms with Crippen molar-refractivity contribution in [2.75, 3.05) is 58.2 Å². The zero-order valence-corrected chi connectivity index (χ0v) is 14.9. The fraction of sp³-hybridized carbons (Fsp3) is 1.00. The van der Waals surface area contributed by atoms with E-state index in [4.69, 9.17) is 0 Å². The first-order chi connectivity index (χ1) is 10.7. The molecule has 8 nitrogen and oxygen atoms in total. The largest absolute Gasteiger partial charge is 0.748 e. The van der Waals surface area contributed by atoms with E-state index in [1.807, 2.05) is 0 Å². The molecule has 0 aliphatic carbocycles. The van der Waals surface area contributed by atoms with Crippen LogP contribution in [0.5, 0.6) is 0 Å². The fourth-order valence-electron chi connectivity index (χ4n) is 2.83. The van der Waals surface area contributed by atoms with E-state index < -0.39 is 22.3 Å². The van der Waals surface area contributed by atoms with Gasteiger partial charge < -0.3 is 14.8 Å². The monoisotopic (exact) mass is 352 g/mol. The molecule has 0 saturated carbocycles. The predicted molar refractivity (Wildman–Crippen MR) is 87.0 cm³/mol. The number of hydrogen-bond donors (Lipinski definition) is 2. The SMILES string of the molecule is CC(O)CN1CCN(CCCS(=O)(=O)[O-])CN(CC(C)O)CC1. The topological polar surface area (TPSA) is 107 Å². The van der Waals surface area contributed by atoms with Crippen LogP contribution in [-0.2, 0) is 10.1 Å². The summed E-state index contributed by atoms with van der Waals surface area (Å²) in [5.74, 6) is -0.350. The standard InChI is InChI=1S/C14H31N3O5S/c1-13(18)10-15-5-7-16(4-3-9-23(20,21)22)12-17(8-6-15)11-14(2)19/h13-14,18-19H,3-12H2,1-2H3,(H,20,21,22)/p-1. The van der Waals surface area contributed by atoms with Crippen LogP contribution in [0.1, 0.15) is 20.3 Å². The molecule has 0 spiro atoms. The molecule has 0 bridgehead atoms. The molecule has 2 N–H and O–H groups in total. The van der Waals surface area contributed by atoms with Gasteiger partial charge in [0.1, 0.15) is 0 Å². The zero-order chi connectivity index (χ0) is 17.5. The molecule has 138 valence electrons. The number of hydrogen-bond acceptors (Lipinski definition) is 8. The molecule has 1 heterocycles. The van der Waals surface area contributed by atoms with Crippen LogP contribution in [-0.4, -0.2) is 108 Å². The van der Waals surface area contributed by atoms with E-state index in [1.54, 1.807) is 13.8 Å². The average Bonchev–Trinajstić information content (AvgIpc) is 2.36. The van der Waals surface area contributed by atoms with E-state index >= 15 is 0 Å². The normalized spacial score (nSPS) is 22.5. The molecule has 2 unspecified atom stereocenters. The van der Waals surface area contributed by atoms with Gasteiger partial charge in [-0.25, -0.2) is 8.42 Å². The van der Waals surface area contributed by atoms with E-state index in [-0.39, 0.29) is 5.75 Å². The van der Waals surface area contributed by atoms with Crippen molar-refractivity contribution in [3.05, 3.63) is 0 Å². The number of aliphatic hydroxyl groups excluding tert-OH is 2. The second-order valence-electron chi connectivity index (χ2n) is 6.45. The Morgan fingerprint density at radius 1 is 0.957 bits per heavy atom. The highest BCUT2D eigenvalue weighted by atomic mass is 32.2. The highest BCUT2D eigenvalue weighted by molar-refractivity contribution is 7.85. The summed E-state index contributed by atoms with van der Waals surface area (Å²) in [6, 6.07) is 0. The minimum atomic E-state index is -4.17. The lowest BCUT2D eigenvalue weighted by molar-refractivity contribution is 0.0353. The predicted octanol–water partition coefficient (Wildman–Crippen LogP) is -1.44. The van der Waals surface area contributed by atoms with Gasteiger partial charge in [0.2, 0.25) is 0 Å². The van der Waals surface area contributed by atoms with Gasteiger partial charge in [-0.05, 0) is 20.3 Å². The Kier molecular flexibility index (Phi) is 8.91. The second-order valence-corrected chi connectivity index (χ2v) is 7.97. The molecule has 0 amide bonds. The van der Waals surface area contributed by atoms with Crippen LogP contribution in [0.3, 0.4) is 0 Å². The van der Waals surface area contributed by atoms with Gasteiger partial charge in [0.25, 0.3) is 0 Å². The fourth-order valence-corrected chi connectivity index (χ4v) is 3.31. The Bertz CT molecular complexity index is 430. The lowest BCUT2D eigenvalue weighted by atomic mass is 10.3. The summed E-state index contributed by atoms with van der Waals surface area (Å²) < 4.78 is 32.2. The van der Waals surface area contributed by atoms with Gasteiger partial charge in [-0.2, -0.15) is 0 Å². The van der Waals surface area contributed by atoms with E-state index in [2.05, 4.69) is 14.7 Å². The van der Waals surface area contributed by atoms with Crippen LogP contribution >= 0.6 is 0 Å². The molecule has 1 aliphatic rings. The molecule has 9 heteroatoms. The van der Waals surface area contributed by atoms with Gasteiger partial charge in [0, 0.05) is 51.6 Å². The van der Waals surface area contributed by atoms with Crippen LogP contribution in [0, 0.1) is 0 Å². The molecule has 1 rings (SSSR count). The van der Waals surface area contributed by atoms with Crippen molar-refractivity contribution in [3.8, 4) is 0 Å². The van der Waals surface area contributed by atoms with Crippen molar-refractivity contribution in [3.63, 3.8) is 0 Å². The number of β-amino-alcohol motifs (C(OH)–C–C–N with tert-alkyl or cyclic N) is 2. The Hall–Kier alpha value is -0.290. The summed E-state index contributed by atoms with van der Waals surface area (Å²) in [5.41, 5.74) is 0. The summed E-state index contributed by atoms with van der Waals surface area (Å²) in [6.07, 6.45) is -0.535. The van der Waals surface area contributed by atoms with Gasteiger partial charge in [-0.15, -0.1) is 0 Å². The van der Waals surface area contributed by atoms with Gasteiger partial charge >= 0.3 is 0 Å². The Morgan fingerprint density at radius 2 is 1.43 bits per heavy atom. The summed E-state index contributed by atoms with van der Waals surface area (Å²) in [4.78, 5) is 6.38.